The van der Waals surface area contributed by atoms with Gasteiger partial charge in [-0.1, -0.05) is 46.4 Å². The zero-order chi connectivity index (χ0) is 5.71. The first-order chi connectivity index (χ1) is 2.96. The second kappa shape index (κ2) is 1.34. The van der Waals surface area contributed by atoms with Gasteiger partial charge in [0.1, 0.15) is 0 Å². The zero-order valence-electron chi connectivity index (χ0n) is 2.92. The predicted molar refractivity (Wildman–Crippen MR) is 30.0 cm³/mol. The maximum atomic E-state index is 5.21. The van der Waals surface area contributed by atoms with Gasteiger partial charge in [-0.05, 0) is 0 Å². The van der Waals surface area contributed by atoms with Crippen LogP contribution in [0.25, 0.3) is 0 Å². The van der Waals surface area contributed by atoms with Crippen molar-refractivity contribution >= 4 is 46.4 Å². The monoisotopic (exact) mass is 180 g/mol. The molecule has 0 saturated carbocycles. The number of hydrogen-bond donors (Lipinski definition) is 0. The molecule has 0 aromatic heterocycles. The lowest BCUT2D eigenvalue weighted by molar-refractivity contribution is 0.409. The highest BCUT2D eigenvalue weighted by Crippen LogP contribution is 2.60. The molecule has 0 aliphatic carbocycles. The summed E-state index contributed by atoms with van der Waals surface area (Å²) in [7, 11) is 0. The van der Waals surface area contributed by atoms with E-state index in [0.29, 0.717) is 0 Å². The Hall–Kier alpha value is 1.12. The number of alkyl halides is 4. The Morgan fingerprint density at radius 1 is 0.857 bits per heavy atom. The highest BCUT2D eigenvalue weighted by atomic mass is 35.5. The maximum absolute atomic E-state index is 5.21. The molecule has 0 aromatic carbocycles. The number of halogens is 4. The first kappa shape index (κ1) is 6.24. The summed E-state index contributed by atoms with van der Waals surface area (Å²) >= 11 is 20.8. The molecule has 42 valence electrons. The molecule has 1 saturated heterocycles. The average Bonchev–Trinajstić information content (AvgIpc) is 1.63. The van der Waals surface area contributed by atoms with E-state index in [2.05, 4.69) is 4.74 Å². The normalized spacial score (nSPS) is 32.6. The van der Waals surface area contributed by atoms with E-state index in [-0.39, 0.29) is 0 Å². The lowest BCUT2D eigenvalue weighted by Crippen LogP contribution is -1.96. The third-order valence-corrected chi connectivity index (χ3v) is 2.31. The Bertz CT molecular complexity index is 85.9. The van der Waals surface area contributed by atoms with Crippen molar-refractivity contribution in [1.29, 1.82) is 0 Å². The van der Waals surface area contributed by atoms with Gasteiger partial charge in [0, 0.05) is 0 Å². The first-order valence-corrected chi connectivity index (χ1v) is 2.93. The number of epoxide rings is 1. The maximum Gasteiger partial charge on any atom is 0.279 e. The van der Waals surface area contributed by atoms with Crippen LogP contribution in [0.3, 0.4) is 0 Å². The molecular weight excluding hydrogens is 182 g/mol. The van der Waals surface area contributed by atoms with Gasteiger partial charge in [-0.25, -0.2) is 0 Å². The molecule has 7 heavy (non-hydrogen) atoms. The molecule has 0 N–H and O–H groups in total. The fraction of sp³-hybridized carbons (Fsp3) is 1.00. The van der Waals surface area contributed by atoms with Gasteiger partial charge in [-0.2, -0.15) is 0 Å². The largest absolute Gasteiger partial charge is 0.301 e. The molecule has 1 aliphatic heterocycles. The molecule has 0 radical (unpaired) electrons. The topological polar surface area (TPSA) is 12.5 Å². The summed E-state index contributed by atoms with van der Waals surface area (Å²) in [6.45, 7) is 0. The fourth-order valence-electron chi connectivity index (χ4n) is 0.135. The van der Waals surface area contributed by atoms with E-state index in [1.807, 2.05) is 0 Å². The summed E-state index contributed by atoms with van der Waals surface area (Å²) in [4.78, 5) is 0. The van der Waals surface area contributed by atoms with Crippen LogP contribution < -0.4 is 0 Å². The van der Waals surface area contributed by atoms with E-state index in [0.717, 1.165) is 0 Å². The van der Waals surface area contributed by atoms with E-state index in [9.17, 15) is 0 Å². The highest BCUT2D eigenvalue weighted by molar-refractivity contribution is 6.64. The SMILES string of the molecule is ClC1(Cl)OC1(Cl)Cl. The Labute approximate surface area is 60.4 Å². The van der Waals surface area contributed by atoms with E-state index in [1.165, 1.54) is 0 Å². The molecule has 0 amide bonds. The second-order valence-corrected chi connectivity index (χ2v) is 3.65. The Morgan fingerprint density at radius 2 is 1.00 bits per heavy atom. The van der Waals surface area contributed by atoms with Crippen molar-refractivity contribution in [2.75, 3.05) is 0 Å². The van der Waals surface area contributed by atoms with Crippen LogP contribution in [0.5, 0.6) is 0 Å². The van der Waals surface area contributed by atoms with Crippen LogP contribution in [0.1, 0.15) is 0 Å². The molecule has 1 heterocycles. The van der Waals surface area contributed by atoms with Crippen LogP contribution in [0, 0.1) is 0 Å². The summed E-state index contributed by atoms with van der Waals surface area (Å²) < 4.78 is 1.60. The van der Waals surface area contributed by atoms with E-state index >= 15 is 0 Å². The molecule has 0 aromatic rings. The van der Waals surface area contributed by atoms with Gasteiger partial charge >= 0.3 is 0 Å². The lowest BCUT2D eigenvalue weighted by Gasteiger charge is -1.84. The highest BCUT2D eigenvalue weighted by Gasteiger charge is 2.68. The van der Waals surface area contributed by atoms with Gasteiger partial charge in [0.15, 0.2) is 0 Å². The molecule has 1 rings (SSSR count). The van der Waals surface area contributed by atoms with Gasteiger partial charge in [-0.3, -0.25) is 0 Å². The summed E-state index contributed by atoms with van der Waals surface area (Å²) in [6.07, 6.45) is 0. The van der Waals surface area contributed by atoms with Crippen molar-refractivity contribution < 1.29 is 4.74 Å². The van der Waals surface area contributed by atoms with Crippen molar-refractivity contribution in [2.45, 2.75) is 9.04 Å². The molecular formula is C2Cl4O. The van der Waals surface area contributed by atoms with E-state index in [1.54, 1.807) is 0 Å². The average molecular weight is 182 g/mol. The number of hydrogen-bond acceptors (Lipinski definition) is 1. The van der Waals surface area contributed by atoms with Crippen molar-refractivity contribution in [1.82, 2.24) is 0 Å². The third kappa shape index (κ3) is 0.936. The Kier molecular flexibility index (Phi) is 1.19. The van der Waals surface area contributed by atoms with Crippen LogP contribution in [0.15, 0.2) is 0 Å². The molecule has 0 atom stereocenters. The van der Waals surface area contributed by atoms with Crippen LogP contribution in [0.2, 0.25) is 0 Å². The van der Waals surface area contributed by atoms with E-state index in [4.69, 9.17) is 46.4 Å². The van der Waals surface area contributed by atoms with Crippen molar-refractivity contribution in [3.8, 4) is 0 Å². The van der Waals surface area contributed by atoms with Crippen molar-refractivity contribution in [3.63, 3.8) is 0 Å². The fourth-order valence-corrected chi connectivity index (χ4v) is 0.756. The minimum absolute atomic E-state index is 1.38. The minimum atomic E-state index is -1.38. The summed E-state index contributed by atoms with van der Waals surface area (Å²) in [5.41, 5.74) is 0. The molecule has 0 spiro atoms. The summed E-state index contributed by atoms with van der Waals surface area (Å²) in [5.74, 6) is 0. The molecule has 5 heteroatoms. The third-order valence-electron chi connectivity index (χ3n) is 0.554. The van der Waals surface area contributed by atoms with Gasteiger partial charge < -0.3 is 4.74 Å². The van der Waals surface area contributed by atoms with Gasteiger partial charge in [0.05, 0.1) is 0 Å². The first-order valence-electron chi connectivity index (χ1n) is 1.41. The van der Waals surface area contributed by atoms with Gasteiger partial charge in [0.2, 0.25) is 0 Å². The quantitative estimate of drug-likeness (QED) is 0.413. The summed E-state index contributed by atoms with van der Waals surface area (Å²) in [5, 5.41) is 0. The second-order valence-electron chi connectivity index (χ2n) is 1.14. The van der Waals surface area contributed by atoms with E-state index < -0.39 is 9.04 Å². The lowest BCUT2D eigenvalue weighted by atomic mass is 10.9. The summed E-state index contributed by atoms with van der Waals surface area (Å²) in [6, 6.07) is 0. The van der Waals surface area contributed by atoms with Crippen molar-refractivity contribution in [2.24, 2.45) is 0 Å². The zero-order valence-corrected chi connectivity index (χ0v) is 5.94. The molecule has 0 unspecified atom stereocenters. The van der Waals surface area contributed by atoms with Gasteiger partial charge in [-0.15, -0.1) is 0 Å². The minimum Gasteiger partial charge on any atom is -0.301 e. The van der Waals surface area contributed by atoms with Crippen molar-refractivity contribution in [3.05, 3.63) is 0 Å². The van der Waals surface area contributed by atoms with Crippen LogP contribution in [-0.4, -0.2) is 9.04 Å². The molecule has 1 fully saturated rings. The smallest absolute Gasteiger partial charge is 0.279 e. The molecule has 1 nitrogen and oxygen atoms in total. The van der Waals surface area contributed by atoms with Crippen LogP contribution in [0.4, 0.5) is 0 Å². The molecule has 0 bridgehead atoms. The van der Waals surface area contributed by atoms with Gasteiger partial charge in [0.25, 0.3) is 9.04 Å². The van der Waals surface area contributed by atoms with Crippen LogP contribution >= 0.6 is 46.4 Å². The Morgan fingerprint density at radius 3 is 1.00 bits per heavy atom. The Balaban J connectivity index is 2.59. The van der Waals surface area contributed by atoms with Crippen LogP contribution in [-0.2, 0) is 4.74 Å². The number of ether oxygens (including phenoxy) is 1. The molecule has 1 aliphatic rings. The standard InChI is InChI=1S/C2Cl4O/c3-1(4)2(5,6)7-1. The predicted octanol–water partition coefficient (Wildman–Crippen LogP) is 2.28. The number of rotatable bonds is 0.